The van der Waals surface area contributed by atoms with Gasteiger partial charge in [-0.2, -0.15) is 5.26 Å². The number of nitriles is 1. The average molecular weight is 321 g/mol. The fourth-order valence-corrected chi connectivity index (χ4v) is 2.32. The molecule has 2 N–H and O–H groups in total. The van der Waals surface area contributed by atoms with Crippen LogP contribution in [0.4, 0.5) is 19.7 Å². The highest BCUT2D eigenvalue weighted by Crippen LogP contribution is 2.18. The maximum atomic E-state index is 13.4. The second-order valence-electron chi connectivity index (χ2n) is 5.24. The van der Waals surface area contributed by atoms with Crippen molar-refractivity contribution in [3.05, 3.63) is 29.6 Å². The SMILES string of the molecule is N#Cc1ccc(NC(=O)OCC2CCN(C(=O)O)CC2)cc1F. The minimum absolute atomic E-state index is 0.103. The first kappa shape index (κ1) is 16.5. The summed E-state index contributed by atoms with van der Waals surface area (Å²) in [6.45, 7) is 1.02. The lowest BCUT2D eigenvalue weighted by Gasteiger charge is -2.29. The van der Waals surface area contributed by atoms with Crippen LogP contribution in [-0.2, 0) is 4.74 Å². The Balaban J connectivity index is 1.77. The Labute approximate surface area is 132 Å². The van der Waals surface area contributed by atoms with Crippen LogP contribution in [0.1, 0.15) is 18.4 Å². The van der Waals surface area contributed by atoms with Crippen molar-refractivity contribution in [1.29, 1.82) is 5.26 Å². The first-order chi connectivity index (χ1) is 11.0. The van der Waals surface area contributed by atoms with Gasteiger partial charge in [-0.15, -0.1) is 0 Å². The molecule has 122 valence electrons. The van der Waals surface area contributed by atoms with E-state index in [0.717, 1.165) is 6.07 Å². The summed E-state index contributed by atoms with van der Waals surface area (Å²) >= 11 is 0. The molecule has 1 heterocycles. The fraction of sp³-hybridized carbons (Fsp3) is 0.400. The van der Waals surface area contributed by atoms with Crippen LogP contribution in [0.2, 0.25) is 0 Å². The lowest BCUT2D eigenvalue weighted by Crippen LogP contribution is -2.38. The van der Waals surface area contributed by atoms with Gasteiger partial charge in [0.15, 0.2) is 0 Å². The predicted molar refractivity (Wildman–Crippen MR) is 78.4 cm³/mol. The van der Waals surface area contributed by atoms with Gasteiger partial charge in [0.1, 0.15) is 11.9 Å². The molecule has 1 aliphatic rings. The van der Waals surface area contributed by atoms with Gasteiger partial charge in [-0.25, -0.2) is 14.0 Å². The number of hydrogen-bond acceptors (Lipinski definition) is 4. The predicted octanol–water partition coefficient (Wildman–Crippen LogP) is 2.64. The molecule has 2 rings (SSSR count). The molecule has 0 aliphatic carbocycles. The smallest absolute Gasteiger partial charge is 0.411 e. The van der Waals surface area contributed by atoms with Gasteiger partial charge in [-0.05, 0) is 37.0 Å². The highest BCUT2D eigenvalue weighted by atomic mass is 19.1. The van der Waals surface area contributed by atoms with E-state index in [2.05, 4.69) is 5.32 Å². The number of benzene rings is 1. The topological polar surface area (TPSA) is 103 Å². The van der Waals surface area contributed by atoms with E-state index in [1.54, 1.807) is 6.07 Å². The molecule has 2 amide bonds. The van der Waals surface area contributed by atoms with Crippen LogP contribution in [0, 0.1) is 23.1 Å². The molecule has 1 saturated heterocycles. The molecule has 1 aliphatic heterocycles. The van der Waals surface area contributed by atoms with Crippen molar-refractivity contribution < 1.29 is 23.8 Å². The number of carboxylic acid groups (broad SMARTS) is 1. The maximum Gasteiger partial charge on any atom is 0.411 e. The Hall–Kier alpha value is -2.82. The van der Waals surface area contributed by atoms with Crippen LogP contribution in [0.3, 0.4) is 0 Å². The summed E-state index contributed by atoms with van der Waals surface area (Å²) in [4.78, 5) is 23.8. The minimum atomic E-state index is -0.940. The fourth-order valence-electron chi connectivity index (χ4n) is 2.32. The first-order valence-corrected chi connectivity index (χ1v) is 7.11. The van der Waals surface area contributed by atoms with Crippen molar-refractivity contribution in [2.45, 2.75) is 12.8 Å². The van der Waals surface area contributed by atoms with E-state index in [1.807, 2.05) is 0 Å². The highest BCUT2D eigenvalue weighted by molar-refractivity contribution is 5.84. The zero-order chi connectivity index (χ0) is 16.8. The summed E-state index contributed by atoms with van der Waals surface area (Å²) in [6, 6.07) is 5.42. The number of piperidine rings is 1. The molecule has 1 aromatic rings. The number of nitrogens with one attached hydrogen (secondary N) is 1. The van der Waals surface area contributed by atoms with Crippen LogP contribution in [0.25, 0.3) is 0 Å². The molecule has 0 radical (unpaired) electrons. The summed E-state index contributed by atoms with van der Waals surface area (Å²) in [6.07, 6.45) is -0.393. The zero-order valence-electron chi connectivity index (χ0n) is 12.3. The summed E-state index contributed by atoms with van der Waals surface area (Å²) < 4.78 is 18.5. The Kier molecular flexibility index (Phi) is 5.36. The van der Waals surface area contributed by atoms with E-state index in [4.69, 9.17) is 15.1 Å². The van der Waals surface area contributed by atoms with Gasteiger partial charge >= 0.3 is 12.2 Å². The van der Waals surface area contributed by atoms with Crippen molar-refractivity contribution in [3.8, 4) is 6.07 Å². The van der Waals surface area contributed by atoms with E-state index in [0.29, 0.717) is 25.9 Å². The molecule has 0 aromatic heterocycles. The summed E-state index contributed by atoms with van der Waals surface area (Å²) in [5.41, 5.74) is 0.0984. The van der Waals surface area contributed by atoms with Gasteiger partial charge < -0.3 is 14.7 Å². The number of carbonyl (C=O) groups excluding carboxylic acids is 1. The van der Waals surface area contributed by atoms with Gasteiger partial charge in [0.2, 0.25) is 0 Å². The van der Waals surface area contributed by atoms with Crippen molar-refractivity contribution in [2.75, 3.05) is 25.0 Å². The number of carbonyl (C=O) groups is 2. The van der Waals surface area contributed by atoms with E-state index >= 15 is 0 Å². The monoisotopic (exact) mass is 321 g/mol. The van der Waals surface area contributed by atoms with Crippen molar-refractivity contribution in [3.63, 3.8) is 0 Å². The van der Waals surface area contributed by atoms with Gasteiger partial charge in [-0.3, -0.25) is 5.32 Å². The number of likely N-dealkylation sites (tertiary alicyclic amines) is 1. The molecule has 0 atom stereocenters. The molecule has 23 heavy (non-hydrogen) atoms. The van der Waals surface area contributed by atoms with Crippen LogP contribution in [-0.4, -0.2) is 41.9 Å². The minimum Gasteiger partial charge on any atom is -0.465 e. The van der Waals surface area contributed by atoms with Gasteiger partial charge in [0.05, 0.1) is 12.2 Å². The molecule has 8 heteroatoms. The molecule has 0 spiro atoms. The quantitative estimate of drug-likeness (QED) is 0.891. The van der Waals surface area contributed by atoms with Crippen LogP contribution < -0.4 is 5.32 Å². The van der Waals surface area contributed by atoms with E-state index in [1.165, 1.54) is 17.0 Å². The Morgan fingerprint density at radius 3 is 2.70 bits per heavy atom. The summed E-state index contributed by atoms with van der Waals surface area (Å²) in [5, 5.41) is 19.9. The highest BCUT2D eigenvalue weighted by Gasteiger charge is 2.23. The lowest BCUT2D eigenvalue weighted by molar-refractivity contribution is 0.0948. The molecule has 0 bridgehead atoms. The lowest BCUT2D eigenvalue weighted by atomic mass is 9.98. The Bertz CT molecular complexity index is 636. The molecular weight excluding hydrogens is 305 g/mol. The third-order valence-electron chi connectivity index (χ3n) is 3.67. The molecule has 1 fully saturated rings. The normalized spacial score (nSPS) is 14.9. The molecular formula is C15H16FN3O4. The number of ether oxygens (including phenoxy) is 1. The first-order valence-electron chi connectivity index (χ1n) is 7.11. The number of nitrogens with zero attached hydrogens (tertiary/aromatic N) is 2. The van der Waals surface area contributed by atoms with Gasteiger partial charge in [-0.1, -0.05) is 0 Å². The van der Waals surface area contributed by atoms with E-state index in [9.17, 15) is 14.0 Å². The standard InChI is InChI=1S/C15H16FN3O4/c16-13-7-12(2-1-11(13)8-17)18-14(20)23-9-10-3-5-19(6-4-10)15(21)22/h1-2,7,10H,3-6,9H2,(H,18,20)(H,21,22). The van der Waals surface area contributed by atoms with Crippen LogP contribution in [0.15, 0.2) is 18.2 Å². The van der Waals surface area contributed by atoms with E-state index in [-0.39, 0.29) is 23.8 Å². The summed E-state index contributed by atoms with van der Waals surface area (Å²) in [5.74, 6) is -0.611. The second kappa shape index (κ2) is 7.45. The number of hydrogen-bond donors (Lipinski definition) is 2. The van der Waals surface area contributed by atoms with Crippen molar-refractivity contribution in [2.24, 2.45) is 5.92 Å². The summed E-state index contributed by atoms with van der Waals surface area (Å²) in [7, 11) is 0. The Morgan fingerprint density at radius 2 is 2.13 bits per heavy atom. The number of rotatable bonds is 3. The number of amides is 2. The number of halogens is 1. The van der Waals surface area contributed by atoms with Crippen LogP contribution in [0.5, 0.6) is 0 Å². The molecule has 1 aromatic carbocycles. The van der Waals surface area contributed by atoms with Gasteiger partial charge in [0, 0.05) is 18.8 Å². The number of anilines is 1. The van der Waals surface area contributed by atoms with Gasteiger partial charge in [0.25, 0.3) is 0 Å². The maximum absolute atomic E-state index is 13.4. The second-order valence-corrected chi connectivity index (χ2v) is 5.24. The molecule has 0 saturated carbocycles. The molecule has 0 unspecified atom stereocenters. The van der Waals surface area contributed by atoms with Crippen molar-refractivity contribution >= 4 is 17.9 Å². The molecule has 7 nitrogen and oxygen atoms in total. The van der Waals surface area contributed by atoms with Crippen molar-refractivity contribution in [1.82, 2.24) is 4.90 Å². The largest absolute Gasteiger partial charge is 0.465 e. The van der Waals surface area contributed by atoms with Crippen LogP contribution >= 0.6 is 0 Å². The Morgan fingerprint density at radius 1 is 1.43 bits per heavy atom. The van der Waals surface area contributed by atoms with E-state index < -0.39 is 18.0 Å². The third-order valence-corrected chi connectivity index (χ3v) is 3.67. The zero-order valence-corrected chi connectivity index (χ0v) is 12.3. The third kappa shape index (κ3) is 4.57. The average Bonchev–Trinajstić information content (AvgIpc) is 2.53.